The Bertz CT molecular complexity index is 1040. The van der Waals surface area contributed by atoms with Crippen molar-refractivity contribution in [1.29, 1.82) is 0 Å². The first-order chi connectivity index (χ1) is 13.3. The first-order valence-electron chi connectivity index (χ1n) is 8.61. The largest absolute Gasteiger partial charge is 0.339 e. The van der Waals surface area contributed by atoms with Crippen LogP contribution in [0.2, 0.25) is 5.02 Å². The number of hydrogen-bond acceptors (Lipinski definition) is 5. The summed E-state index contributed by atoms with van der Waals surface area (Å²) in [7, 11) is 0. The van der Waals surface area contributed by atoms with Gasteiger partial charge in [0.2, 0.25) is 0 Å². The van der Waals surface area contributed by atoms with Gasteiger partial charge in [0.1, 0.15) is 17.8 Å². The van der Waals surface area contributed by atoms with Gasteiger partial charge in [-0.1, -0.05) is 29.8 Å². The van der Waals surface area contributed by atoms with Crippen LogP contribution in [0.15, 0.2) is 48.8 Å². The van der Waals surface area contributed by atoms with Crippen molar-refractivity contribution in [3.05, 3.63) is 76.2 Å². The van der Waals surface area contributed by atoms with Gasteiger partial charge in [-0.15, -0.1) is 0 Å². The second-order valence-corrected chi connectivity index (χ2v) is 6.85. The predicted molar refractivity (Wildman–Crippen MR) is 111 cm³/mol. The number of amides is 1. The quantitative estimate of drug-likeness (QED) is 0.598. The molecule has 0 unspecified atom stereocenters. The molecule has 0 saturated carbocycles. The van der Waals surface area contributed by atoms with Crippen molar-refractivity contribution in [3.63, 3.8) is 0 Å². The number of aromatic nitrogens is 2. The van der Waals surface area contributed by atoms with Gasteiger partial charge in [-0.2, -0.15) is 0 Å². The number of anilines is 3. The van der Waals surface area contributed by atoms with E-state index in [9.17, 15) is 9.59 Å². The number of Topliss-reactive ketones (excluding diaryl/α,β-unsaturated/α-hetero) is 1. The number of carbonyl (C=O) groups is 2. The zero-order valence-corrected chi connectivity index (χ0v) is 16.5. The summed E-state index contributed by atoms with van der Waals surface area (Å²) >= 11 is 6.32. The molecule has 0 aliphatic rings. The molecule has 1 amide bonds. The zero-order chi connectivity index (χ0) is 20.3. The summed E-state index contributed by atoms with van der Waals surface area (Å²) in [6, 6.07) is 12.1. The number of nitrogens with zero attached hydrogens (tertiary/aromatic N) is 2. The molecule has 0 bridgehead atoms. The van der Waals surface area contributed by atoms with Crippen LogP contribution in [-0.2, 0) is 0 Å². The molecule has 0 aliphatic carbocycles. The number of nitrogens with one attached hydrogen (secondary N) is 2. The molecule has 1 heterocycles. The molecule has 0 saturated heterocycles. The van der Waals surface area contributed by atoms with Gasteiger partial charge in [0.05, 0.1) is 10.7 Å². The van der Waals surface area contributed by atoms with Gasteiger partial charge in [-0.3, -0.25) is 9.59 Å². The van der Waals surface area contributed by atoms with Crippen molar-refractivity contribution in [1.82, 2.24) is 9.97 Å². The fourth-order valence-corrected chi connectivity index (χ4v) is 3.13. The van der Waals surface area contributed by atoms with E-state index in [2.05, 4.69) is 20.6 Å². The van der Waals surface area contributed by atoms with Gasteiger partial charge >= 0.3 is 0 Å². The van der Waals surface area contributed by atoms with Gasteiger partial charge in [0, 0.05) is 17.3 Å². The fourth-order valence-electron chi connectivity index (χ4n) is 2.76. The number of aryl methyl sites for hydroxylation is 2. The minimum absolute atomic E-state index is 0.0741. The van der Waals surface area contributed by atoms with Gasteiger partial charge < -0.3 is 10.6 Å². The first-order valence-corrected chi connectivity index (χ1v) is 8.99. The number of benzene rings is 2. The molecule has 2 N–H and O–H groups in total. The molecular weight excluding hydrogens is 376 g/mol. The normalized spacial score (nSPS) is 10.4. The highest BCUT2D eigenvalue weighted by Gasteiger charge is 2.12. The predicted octanol–water partition coefficient (Wildman–Crippen LogP) is 4.95. The van der Waals surface area contributed by atoms with E-state index in [4.69, 9.17) is 11.6 Å². The summed E-state index contributed by atoms with van der Waals surface area (Å²) in [5, 5.41) is 6.46. The third kappa shape index (κ3) is 4.53. The average molecular weight is 395 g/mol. The highest BCUT2D eigenvalue weighted by molar-refractivity contribution is 6.33. The minimum atomic E-state index is -0.405. The molecule has 142 valence electrons. The van der Waals surface area contributed by atoms with Crippen molar-refractivity contribution in [3.8, 4) is 0 Å². The van der Waals surface area contributed by atoms with Crippen molar-refractivity contribution in [2.24, 2.45) is 0 Å². The molecule has 7 heteroatoms. The molecule has 1 aromatic heterocycles. The van der Waals surface area contributed by atoms with E-state index in [1.807, 2.05) is 26.0 Å². The van der Waals surface area contributed by atoms with E-state index in [-0.39, 0.29) is 11.5 Å². The monoisotopic (exact) mass is 394 g/mol. The Morgan fingerprint density at radius 1 is 1.04 bits per heavy atom. The molecule has 3 aromatic rings. The number of hydrogen-bond donors (Lipinski definition) is 2. The van der Waals surface area contributed by atoms with Gasteiger partial charge in [-0.25, -0.2) is 9.97 Å². The summed E-state index contributed by atoms with van der Waals surface area (Å²) < 4.78 is 0. The lowest BCUT2D eigenvalue weighted by Gasteiger charge is -2.12. The van der Waals surface area contributed by atoms with Crippen LogP contribution >= 0.6 is 11.6 Å². The van der Waals surface area contributed by atoms with Crippen LogP contribution in [0.4, 0.5) is 17.2 Å². The number of carbonyl (C=O) groups excluding carboxylic acids is 2. The van der Waals surface area contributed by atoms with Crippen LogP contribution in [0.25, 0.3) is 0 Å². The standard InChI is InChI=1S/C21H19ClN4O2/c1-12-7-13(2)20(17(22)8-12)26-19-10-18(23-11-24-19)21(28)25-16-6-4-5-15(9-16)14(3)27/h4-11H,1-3H3,(H,25,28)(H,23,24,26). The summed E-state index contributed by atoms with van der Waals surface area (Å²) in [5.74, 6) is -0.0284. The van der Waals surface area contributed by atoms with E-state index >= 15 is 0 Å². The lowest BCUT2D eigenvalue weighted by atomic mass is 10.1. The molecular formula is C21H19ClN4O2. The molecule has 0 atom stereocenters. The van der Waals surface area contributed by atoms with Crippen LogP contribution in [0.3, 0.4) is 0 Å². The topological polar surface area (TPSA) is 84.0 Å². The second-order valence-electron chi connectivity index (χ2n) is 6.44. The lowest BCUT2D eigenvalue weighted by Crippen LogP contribution is -2.14. The van der Waals surface area contributed by atoms with E-state index in [1.54, 1.807) is 30.3 Å². The second kappa shape index (κ2) is 8.19. The van der Waals surface area contributed by atoms with Crippen LogP contribution in [0.5, 0.6) is 0 Å². The molecule has 0 radical (unpaired) electrons. The van der Waals surface area contributed by atoms with Crippen LogP contribution in [-0.4, -0.2) is 21.7 Å². The molecule has 2 aromatic carbocycles. The van der Waals surface area contributed by atoms with Gasteiger partial charge in [0.15, 0.2) is 5.78 Å². The summed E-state index contributed by atoms with van der Waals surface area (Å²) in [6.07, 6.45) is 1.31. The number of ketones is 1. The van der Waals surface area contributed by atoms with Crippen molar-refractivity contribution in [2.75, 3.05) is 10.6 Å². The summed E-state index contributed by atoms with van der Waals surface area (Å²) in [4.78, 5) is 32.2. The SMILES string of the molecule is CC(=O)c1cccc(NC(=O)c2cc(Nc3c(C)cc(C)cc3Cl)ncn2)c1. The molecule has 0 aliphatic heterocycles. The Hall–Kier alpha value is -3.25. The van der Waals surface area contributed by atoms with E-state index in [0.717, 1.165) is 16.8 Å². The van der Waals surface area contributed by atoms with Gasteiger partial charge in [0.25, 0.3) is 5.91 Å². The molecule has 6 nitrogen and oxygen atoms in total. The fraction of sp³-hybridized carbons (Fsp3) is 0.143. The molecule has 3 rings (SSSR count). The maximum absolute atomic E-state index is 12.5. The average Bonchev–Trinajstić information content (AvgIpc) is 2.65. The molecule has 0 spiro atoms. The number of rotatable bonds is 5. The third-order valence-corrected chi connectivity index (χ3v) is 4.41. The highest BCUT2D eigenvalue weighted by Crippen LogP contribution is 2.29. The zero-order valence-electron chi connectivity index (χ0n) is 15.7. The highest BCUT2D eigenvalue weighted by atomic mass is 35.5. The Labute approximate surface area is 168 Å². The van der Waals surface area contributed by atoms with E-state index < -0.39 is 5.91 Å². The Morgan fingerprint density at radius 3 is 2.54 bits per heavy atom. The third-order valence-electron chi connectivity index (χ3n) is 4.11. The van der Waals surface area contributed by atoms with Crippen molar-refractivity contribution < 1.29 is 9.59 Å². The maximum Gasteiger partial charge on any atom is 0.274 e. The molecule has 28 heavy (non-hydrogen) atoms. The van der Waals surface area contributed by atoms with E-state index in [1.165, 1.54) is 13.3 Å². The lowest BCUT2D eigenvalue weighted by molar-refractivity contribution is 0.100. The van der Waals surface area contributed by atoms with E-state index in [0.29, 0.717) is 22.1 Å². The van der Waals surface area contributed by atoms with Gasteiger partial charge in [-0.05, 0) is 50.1 Å². The molecule has 0 fully saturated rings. The van der Waals surface area contributed by atoms with Crippen molar-refractivity contribution in [2.45, 2.75) is 20.8 Å². The van der Waals surface area contributed by atoms with Crippen LogP contribution < -0.4 is 10.6 Å². The first kappa shape index (κ1) is 19.5. The minimum Gasteiger partial charge on any atom is -0.339 e. The Kier molecular flexibility index (Phi) is 5.70. The van der Waals surface area contributed by atoms with Crippen LogP contribution in [0, 0.1) is 13.8 Å². The van der Waals surface area contributed by atoms with Crippen molar-refractivity contribution >= 4 is 40.5 Å². The Balaban J connectivity index is 1.80. The number of halogens is 1. The Morgan fingerprint density at radius 2 is 1.82 bits per heavy atom. The smallest absolute Gasteiger partial charge is 0.274 e. The summed E-state index contributed by atoms with van der Waals surface area (Å²) in [5.41, 5.74) is 3.98. The van der Waals surface area contributed by atoms with Crippen LogP contribution in [0.1, 0.15) is 38.9 Å². The maximum atomic E-state index is 12.5. The summed E-state index contributed by atoms with van der Waals surface area (Å²) in [6.45, 7) is 5.39.